The van der Waals surface area contributed by atoms with Gasteiger partial charge in [0.25, 0.3) is 0 Å². The van der Waals surface area contributed by atoms with Crippen LogP contribution in [0.3, 0.4) is 0 Å². The quantitative estimate of drug-likeness (QED) is 0.0238. The molecule has 12 heteroatoms. The molecule has 348 valence electrons. The third-order valence-electron chi connectivity index (χ3n) is 10.8. The van der Waals surface area contributed by atoms with Crippen molar-refractivity contribution in [2.24, 2.45) is 0 Å². The van der Waals surface area contributed by atoms with Crippen molar-refractivity contribution in [2.45, 2.75) is 238 Å². The number of nitrogens with one attached hydrogen (secondary N) is 3. The minimum Gasteiger partial charge on any atom is -0.460 e. The molecule has 0 aromatic rings. The van der Waals surface area contributed by atoms with Gasteiger partial charge < -0.3 is 20.7 Å². The number of urea groups is 1. The van der Waals surface area contributed by atoms with Gasteiger partial charge in [0.1, 0.15) is 6.10 Å². The van der Waals surface area contributed by atoms with E-state index in [1.54, 1.807) is 0 Å². The van der Waals surface area contributed by atoms with Crippen LogP contribution in [0, 0.1) is 0 Å². The fourth-order valence-electron chi connectivity index (χ4n) is 7.11. The summed E-state index contributed by atoms with van der Waals surface area (Å²) in [5.74, 6) is -0.444. The number of unbranched alkanes of at least 4 members (excludes halogenated alkanes) is 26. The highest BCUT2D eigenvalue weighted by Gasteiger charge is 2.33. The van der Waals surface area contributed by atoms with Gasteiger partial charge in [-0.1, -0.05) is 194 Å². The first-order chi connectivity index (χ1) is 28.7. The molecular weight excluding hydrogens is 766 g/mol. The SMILES string of the molecule is C=CCOP(=O)(OCCNC(=O)NC)OCC(NC(=O)CCCCCCCCCCCCC)C(CCCCCCCCCCC)OC(=O)CCCCCCCCCCC. The van der Waals surface area contributed by atoms with Crippen LogP contribution in [0.15, 0.2) is 12.7 Å². The first-order valence-corrected chi connectivity index (χ1v) is 25.8. The molecule has 0 aliphatic carbocycles. The number of carbonyl (C=O) groups excluding carboxylic acids is 3. The van der Waals surface area contributed by atoms with E-state index in [-0.39, 0.29) is 38.2 Å². The molecule has 0 heterocycles. The maximum atomic E-state index is 13.8. The van der Waals surface area contributed by atoms with E-state index in [2.05, 4.69) is 43.3 Å². The van der Waals surface area contributed by atoms with Crippen LogP contribution in [0.4, 0.5) is 4.79 Å². The summed E-state index contributed by atoms with van der Waals surface area (Å²) < 4.78 is 36.9. The second kappa shape index (κ2) is 42.7. The lowest BCUT2D eigenvalue weighted by molar-refractivity contribution is -0.152. The maximum absolute atomic E-state index is 13.8. The Morgan fingerprint density at radius 1 is 0.593 bits per heavy atom. The van der Waals surface area contributed by atoms with Crippen LogP contribution in [0.25, 0.3) is 0 Å². The first-order valence-electron chi connectivity index (χ1n) is 24.3. The van der Waals surface area contributed by atoms with E-state index in [0.29, 0.717) is 19.3 Å². The fraction of sp³-hybridized carbons (Fsp3) is 0.894. The summed E-state index contributed by atoms with van der Waals surface area (Å²) >= 11 is 0. The number of hydrogen-bond acceptors (Lipinski definition) is 8. The zero-order valence-corrected chi connectivity index (χ0v) is 39.5. The second-order valence-corrected chi connectivity index (χ2v) is 18.0. The minimum absolute atomic E-state index is 0.0707. The Balaban J connectivity index is 5.68. The topological polar surface area (TPSA) is 141 Å². The van der Waals surface area contributed by atoms with Crippen molar-refractivity contribution >= 4 is 25.7 Å². The van der Waals surface area contributed by atoms with Gasteiger partial charge in [-0.25, -0.2) is 9.36 Å². The Hall–Kier alpha value is -1.94. The van der Waals surface area contributed by atoms with Gasteiger partial charge in [-0.15, -0.1) is 6.58 Å². The number of carbonyl (C=O) groups is 3. The number of amides is 3. The van der Waals surface area contributed by atoms with E-state index in [4.69, 9.17) is 18.3 Å². The highest BCUT2D eigenvalue weighted by atomic mass is 31.2. The summed E-state index contributed by atoms with van der Waals surface area (Å²) in [5, 5.41) is 8.14. The Morgan fingerprint density at radius 2 is 1.03 bits per heavy atom. The van der Waals surface area contributed by atoms with Crippen molar-refractivity contribution < 1.29 is 37.3 Å². The highest BCUT2D eigenvalue weighted by Crippen LogP contribution is 2.49. The molecule has 0 aliphatic heterocycles. The molecule has 0 radical (unpaired) electrons. The molecule has 59 heavy (non-hydrogen) atoms. The van der Waals surface area contributed by atoms with Gasteiger partial charge in [0.2, 0.25) is 5.91 Å². The number of phosphoric ester groups is 1. The van der Waals surface area contributed by atoms with Crippen LogP contribution < -0.4 is 16.0 Å². The maximum Gasteiger partial charge on any atom is 0.475 e. The number of hydrogen-bond donors (Lipinski definition) is 3. The summed E-state index contributed by atoms with van der Waals surface area (Å²) in [5.41, 5.74) is 0. The molecule has 11 nitrogen and oxygen atoms in total. The smallest absolute Gasteiger partial charge is 0.460 e. The average Bonchev–Trinajstić information content (AvgIpc) is 3.23. The zero-order valence-electron chi connectivity index (χ0n) is 38.6. The fourth-order valence-corrected chi connectivity index (χ4v) is 8.28. The van der Waals surface area contributed by atoms with E-state index in [0.717, 1.165) is 57.8 Å². The molecule has 0 spiro atoms. The summed E-state index contributed by atoms with van der Waals surface area (Å²) in [7, 11) is -2.65. The summed E-state index contributed by atoms with van der Waals surface area (Å²) in [4.78, 5) is 38.5. The third-order valence-corrected chi connectivity index (χ3v) is 12.2. The van der Waals surface area contributed by atoms with Crippen molar-refractivity contribution in [3.63, 3.8) is 0 Å². The molecule has 3 unspecified atom stereocenters. The van der Waals surface area contributed by atoms with Crippen molar-refractivity contribution in [2.75, 3.05) is 33.4 Å². The largest absolute Gasteiger partial charge is 0.475 e. The molecule has 0 rings (SSSR count). The van der Waals surface area contributed by atoms with E-state index in [9.17, 15) is 18.9 Å². The van der Waals surface area contributed by atoms with E-state index in [1.807, 2.05) is 0 Å². The summed E-state index contributed by atoms with van der Waals surface area (Å²) in [6.07, 6.45) is 35.8. The second-order valence-electron chi connectivity index (χ2n) is 16.3. The van der Waals surface area contributed by atoms with Gasteiger partial charge in [-0.3, -0.25) is 23.2 Å². The Kier molecular flexibility index (Phi) is 41.3. The number of ether oxygens (including phenoxy) is 1. The van der Waals surface area contributed by atoms with Gasteiger partial charge in [-0.05, 0) is 25.7 Å². The van der Waals surface area contributed by atoms with Crippen LogP contribution in [0.2, 0.25) is 0 Å². The van der Waals surface area contributed by atoms with Crippen molar-refractivity contribution in [1.82, 2.24) is 16.0 Å². The molecule has 0 bridgehead atoms. The monoisotopic (exact) mass is 858 g/mol. The normalized spacial score (nSPS) is 13.4. The lowest BCUT2D eigenvalue weighted by Gasteiger charge is -2.29. The van der Waals surface area contributed by atoms with Crippen molar-refractivity contribution in [3.8, 4) is 0 Å². The average molecular weight is 858 g/mol. The minimum atomic E-state index is -4.15. The highest BCUT2D eigenvalue weighted by molar-refractivity contribution is 7.48. The molecule has 0 aromatic heterocycles. The predicted molar refractivity (Wildman–Crippen MR) is 245 cm³/mol. The molecule has 3 atom stereocenters. The van der Waals surface area contributed by atoms with Gasteiger partial charge in [0.15, 0.2) is 0 Å². The Morgan fingerprint density at radius 3 is 1.49 bits per heavy atom. The van der Waals surface area contributed by atoms with Crippen LogP contribution >= 0.6 is 7.82 Å². The lowest BCUT2D eigenvalue weighted by atomic mass is 10.0. The standard InChI is InChI=1S/C47H92N3O8P/c1-6-10-13-16-19-22-23-26-28-31-34-37-45(51)50-43(42-57-59(54,55-40-9-4)56-41-39-49-47(53)48-5)44(36-33-30-27-24-20-17-14-11-7-2)58-46(52)38-35-32-29-25-21-18-15-12-8-3/h9,43-44H,4,6-8,10-42H2,1-3,5H3,(H,50,51)(H2,48,49,53). The molecule has 0 fully saturated rings. The molecule has 0 saturated carbocycles. The molecular formula is C47H92N3O8P. The summed E-state index contributed by atoms with van der Waals surface area (Å²) in [6.45, 7) is 9.96. The molecule has 0 aromatic carbocycles. The molecule has 3 N–H and O–H groups in total. The zero-order chi connectivity index (χ0) is 43.5. The van der Waals surface area contributed by atoms with E-state index < -0.39 is 26.0 Å². The van der Waals surface area contributed by atoms with E-state index in [1.165, 1.54) is 142 Å². The Bertz CT molecular complexity index is 1050. The van der Waals surface area contributed by atoms with Crippen LogP contribution in [-0.4, -0.2) is 63.5 Å². The summed E-state index contributed by atoms with van der Waals surface area (Å²) in [6, 6.07) is -1.16. The number of phosphoric acid groups is 1. The molecule has 0 saturated heterocycles. The van der Waals surface area contributed by atoms with Gasteiger partial charge in [-0.2, -0.15) is 0 Å². The Labute approximate surface area is 362 Å². The predicted octanol–water partition coefficient (Wildman–Crippen LogP) is 13.2. The van der Waals surface area contributed by atoms with E-state index >= 15 is 0 Å². The van der Waals surface area contributed by atoms with Gasteiger partial charge in [0, 0.05) is 26.4 Å². The van der Waals surface area contributed by atoms with Crippen LogP contribution in [-0.2, 0) is 32.5 Å². The van der Waals surface area contributed by atoms with Crippen LogP contribution in [0.5, 0.6) is 0 Å². The van der Waals surface area contributed by atoms with Crippen LogP contribution in [0.1, 0.15) is 226 Å². The molecule has 3 amide bonds. The van der Waals surface area contributed by atoms with Crippen molar-refractivity contribution in [3.05, 3.63) is 12.7 Å². The molecule has 0 aliphatic rings. The lowest BCUT2D eigenvalue weighted by Crippen LogP contribution is -2.48. The third kappa shape index (κ3) is 37.5. The number of rotatable bonds is 45. The van der Waals surface area contributed by atoms with Crippen molar-refractivity contribution in [1.29, 1.82) is 0 Å². The first kappa shape index (κ1) is 57.1. The number of esters is 1. The van der Waals surface area contributed by atoms with Gasteiger partial charge in [0.05, 0.1) is 25.9 Å². The van der Waals surface area contributed by atoms with Gasteiger partial charge >= 0.3 is 19.8 Å².